The highest BCUT2D eigenvalue weighted by Crippen LogP contribution is 1.96. The number of benzene rings is 1. The van der Waals surface area contributed by atoms with Gasteiger partial charge in [-0.3, -0.25) is 0 Å². The van der Waals surface area contributed by atoms with Crippen LogP contribution in [0.1, 0.15) is 5.56 Å². The van der Waals surface area contributed by atoms with Crippen molar-refractivity contribution in [2.75, 3.05) is 6.61 Å². The van der Waals surface area contributed by atoms with Gasteiger partial charge in [0.2, 0.25) is 0 Å². The first-order valence-electron chi connectivity index (χ1n) is 3.45. The third-order valence-corrected chi connectivity index (χ3v) is 1.28. The van der Waals surface area contributed by atoms with Crippen LogP contribution in [0.5, 0.6) is 0 Å². The molecule has 11 heavy (non-hydrogen) atoms. The zero-order valence-electron chi connectivity index (χ0n) is 6.17. The Hall–Kier alpha value is -1.26. The fraction of sp³-hybridized carbons (Fsp3) is 0.200. The van der Waals surface area contributed by atoms with Crippen molar-refractivity contribution in [1.29, 1.82) is 0 Å². The Bertz CT molecular complexity index is 253. The Balaban J connectivity index is 2.52. The summed E-state index contributed by atoms with van der Waals surface area (Å²) in [6.07, 6.45) is 0.704. The zero-order chi connectivity index (χ0) is 7.94. The molecular formula is C10H9O. The van der Waals surface area contributed by atoms with Crippen molar-refractivity contribution < 1.29 is 5.11 Å². The van der Waals surface area contributed by atoms with Gasteiger partial charge in [-0.05, 0) is 11.6 Å². The predicted octanol–water partition coefficient (Wildman–Crippen LogP) is 1.02. The molecule has 1 heteroatoms. The van der Waals surface area contributed by atoms with Gasteiger partial charge in [-0.25, -0.2) is 0 Å². The molecule has 1 aromatic carbocycles. The van der Waals surface area contributed by atoms with Crippen LogP contribution in [0.15, 0.2) is 24.3 Å². The molecule has 0 saturated heterocycles. The molecule has 0 unspecified atom stereocenters. The molecule has 1 rings (SSSR count). The highest BCUT2D eigenvalue weighted by molar-refractivity contribution is 5.20. The molecule has 0 aromatic heterocycles. The molecule has 0 saturated carbocycles. The van der Waals surface area contributed by atoms with Gasteiger partial charge in [-0.15, -0.1) is 0 Å². The smallest absolute Gasteiger partial charge is 0.104 e. The minimum absolute atomic E-state index is 0.0566. The Morgan fingerprint density at radius 3 is 2.64 bits per heavy atom. The van der Waals surface area contributed by atoms with Crippen LogP contribution in [0.3, 0.4) is 0 Å². The van der Waals surface area contributed by atoms with Crippen LogP contribution in [-0.2, 0) is 6.42 Å². The quantitative estimate of drug-likeness (QED) is 0.585. The topological polar surface area (TPSA) is 20.2 Å². The summed E-state index contributed by atoms with van der Waals surface area (Å²) in [6.45, 7) is -0.0566. The van der Waals surface area contributed by atoms with E-state index in [9.17, 15) is 0 Å². The highest BCUT2D eigenvalue weighted by atomic mass is 16.2. The Kier molecular flexibility index (Phi) is 3.24. The molecule has 0 spiro atoms. The minimum Gasteiger partial charge on any atom is -0.384 e. The highest BCUT2D eigenvalue weighted by Gasteiger charge is 1.83. The van der Waals surface area contributed by atoms with Crippen molar-refractivity contribution in [3.8, 4) is 11.8 Å². The fourth-order valence-electron chi connectivity index (χ4n) is 0.760. The van der Waals surface area contributed by atoms with Crippen LogP contribution < -0.4 is 0 Å². The number of hydrogen-bond donors (Lipinski definition) is 1. The molecule has 55 valence electrons. The average molecular weight is 145 g/mol. The van der Waals surface area contributed by atoms with Crippen LogP contribution in [-0.4, -0.2) is 11.7 Å². The summed E-state index contributed by atoms with van der Waals surface area (Å²) in [5.74, 6) is 5.43. The standard InChI is InChI=1S/C10H9O/c11-9-5-4-8-10-6-2-1-3-7-10/h2-3,6-7,11H,8-9H2. The third-order valence-electron chi connectivity index (χ3n) is 1.28. The van der Waals surface area contributed by atoms with Gasteiger partial charge in [0.15, 0.2) is 0 Å². The second-order valence-corrected chi connectivity index (χ2v) is 2.10. The van der Waals surface area contributed by atoms with E-state index in [-0.39, 0.29) is 6.61 Å². The summed E-state index contributed by atoms with van der Waals surface area (Å²) in [7, 11) is 0. The zero-order valence-corrected chi connectivity index (χ0v) is 6.17. The van der Waals surface area contributed by atoms with Crippen LogP contribution in [0.4, 0.5) is 0 Å². The first-order valence-corrected chi connectivity index (χ1v) is 3.45. The van der Waals surface area contributed by atoms with E-state index >= 15 is 0 Å². The molecule has 0 aliphatic carbocycles. The summed E-state index contributed by atoms with van der Waals surface area (Å²) in [5.41, 5.74) is 1.16. The van der Waals surface area contributed by atoms with Gasteiger partial charge in [0, 0.05) is 6.42 Å². The van der Waals surface area contributed by atoms with Gasteiger partial charge in [-0.2, -0.15) is 0 Å². The van der Waals surface area contributed by atoms with Gasteiger partial charge in [0.25, 0.3) is 0 Å². The Morgan fingerprint density at radius 1 is 1.27 bits per heavy atom. The second-order valence-electron chi connectivity index (χ2n) is 2.10. The summed E-state index contributed by atoms with van der Waals surface area (Å²) in [6, 6.07) is 10.6. The maximum absolute atomic E-state index is 8.36. The van der Waals surface area contributed by atoms with Crippen LogP contribution >= 0.6 is 0 Å². The van der Waals surface area contributed by atoms with E-state index in [4.69, 9.17) is 5.11 Å². The molecule has 0 amide bonds. The fourth-order valence-corrected chi connectivity index (χ4v) is 0.760. The third kappa shape index (κ3) is 2.88. The van der Waals surface area contributed by atoms with E-state index in [0.29, 0.717) is 6.42 Å². The van der Waals surface area contributed by atoms with Crippen LogP contribution in [0, 0.1) is 17.9 Å². The number of aliphatic hydroxyl groups is 1. The molecule has 1 radical (unpaired) electrons. The summed E-state index contributed by atoms with van der Waals surface area (Å²) < 4.78 is 0. The lowest BCUT2D eigenvalue weighted by molar-refractivity contribution is 0.350. The lowest BCUT2D eigenvalue weighted by Crippen LogP contribution is -1.80. The first-order chi connectivity index (χ1) is 5.43. The van der Waals surface area contributed by atoms with Gasteiger partial charge >= 0.3 is 0 Å². The van der Waals surface area contributed by atoms with E-state index in [1.807, 2.05) is 24.3 Å². The van der Waals surface area contributed by atoms with Crippen molar-refractivity contribution in [3.05, 3.63) is 35.9 Å². The van der Waals surface area contributed by atoms with Gasteiger partial charge in [0.1, 0.15) is 6.61 Å². The molecule has 1 nitrogen and oxygen atoms in total. The van der Waals surface area contributed by atoms with E-state index in [1.165, 1.54) is 0 Å². The number of hydrogen-bond acceptors (Lipinski definition) is 1. The molecule has 0 fully saturated rings. The van der Waals surface area contributed by atoms with Crippen molar-refractivity contribution in [2.45, 2.75) is 6.42 Å². The molecule has 1 N–H and O–H groups in total. The van der Waals surface area contributed by atoms with Crippen molar-refractivity contribution in [2.24, 2.45) is 0 Å². The Morgan fingerprint density at radius 2 is 2.00 bits per heavy atom. The summed E-state index contributed by atoms with van der Waals surface area (Å²) in [4.78, 5) is 0. The van der Waals surface area contributed by atoms with E-state index < -0.39 is 0 Å². The Labute approximate surface area is 66.7 Å². The monoisotopic (exact) mass is 145 g/mol. The predicted molar refractivity (Wildman–Crippen MR) is 43.8 cm³/mol. The summed E-state index contributed by atoms with van der Waals surface area (Å²) >= 11 is 0. The molecule has 1 aromatic rings. The molecule has 0 bridgehead atoms. The van der Waals surface area contributed by atoms with Crippen molar-refractivity contribution in [3.63, 3.8) is 0 Å². The minimum atomic E-state index is -0.0566. The lowest BCUT2D eigenvalue weighted by Gasteiger charge is -1.90. The largest absolute Gasteiger partial charge is 0.384 e. The maximum Gasteiger partial charge on any atom is 0.104 e. The van der Waals surface area contributed by atoms with E-state index in [1.54, 1.807) is 0 Å². The lowest BCUT2D eigenvalue weighted by atomic mass is 10.2. The van der Waals surface area contributed by atoms with Gasteiger partial charge in [0.05, 0.1) is 0 Å². The summed E-state index contributed by atoms with van der Waals surface area (Å²) in [5, 5.41) is 8.36. The number of rotatable bonds is 1. The average Bonchev–Trinajstić information content (AvgIpc) is 2.07. The molecule has 0 aliphatic heterocycles. The van der Waals surface area contributed by atoms with Crippen LogP contribution in [0.25, 0.3) is 0 Å². The second kappa shape index (κ2) is 4.54. The molecule has 0 heterocycles. The van der Waals surface area contributed by atoms with Crippen molar-refractivity contribution >= 4 is 0 Å². The normalized spacial score (nSPS) is 8.45. The maximum atomic E-state index is 8.36. The van der Waals surface area contributed by atoms with Crippen LogP contribution in [0.2, 0.25) is 0 Å². The van der Waals surface area contributed by atoms with Gasteiger partial charge < -0.3 is 5.11 Å². The van der Waals surface area contributed by atoms with E-state index in [2.05, 4.69) is 17.9 Å². The number of aliphatic hydroxyl groups excluding tert-OH is 1. The van der Waals surface area contributed by atoms with Crippen molar-refractivity contribution in [1.82, 2.24) is 0 Å². The molecule has 0 aliphatic rings. The SMILES string of the molecule is OCC#CCc1cc[c]cc1. The molecular weight excluding hydrogens is 136 g/mol. The van der Waals surface area contributed by atoms with E-state index in [0.717, 1.165) is 5.56 Å². The molecule has 0 atom stereocenters. The first kappa shape index (κ1) is 7.84. The van der Waals surface area contributed by atoms with Gasteiger partial charge in [-0.1, -0.05) is 36.1 Å².